The van der Waals surface area contributed by atoms with Crippen LogP contribution in [0.3, 0.4) is 0 Å². The summed E-state index contributed by atoms with van der Waals surface area (Å²) in [6.45, 7) is 6.26. The van der Waals surface area contributed by atoms with Crippen LogP contribution in [-0.2, 0) is 4.79 Å². The van der Waals surface area contributed by atoms with E-state index in [-0.39, 0.29) is 17.2 Å². The van der Waals surface area contributed by atoms with Crippen LogP contribution in [-0.4, -0.2) is 24.0 Å². The first-order valence-electron chi connectivity index (χ1n) is 8.13. The molecule has 1 amide bonds. The topological polar surface area (TPSA) is 54.0 Å². The van der Waals surface area contributed by atoms with Gasteiger partial charge in [0.15, 0.2) is 5.13 Å². The number of carbonyl (C=O) groups excluding carboxylic acids is 1. The summed E-state index contributed by atoms with van der Waals surface area (Å²) in [5, 5.41) is 7.19. The fourth-order valence-electron chi connectivity index (χ4n) is 3.63. The molecule has 1 atom stereocenters. The molecule has 4 nitrogen and oxygen atoms in total. The number of amides is 1. The monoisotopic (exact) mass is 347 g/mol. The van der Waals surface area contributed by atoms with Gasteiger partial charge in [-0.2, -0.15) is 0 Å². The van der Waals surface area contributed by atoms with E-state index in [1.165, 1.54) is 9.75 Å². The van der Waals surface area contributed by atoms with Crippen LogP contribution in [0.25, 0.3) is 10.6 Å². The van der Waals surface area contributed by atoms with Gasteiger partial charge in [-0.25, -0.2) is 4.98 Å². The Kier molecular flexibility index (Phi) is 3.78. The highest BCUT2D eigenvalue weighted by atomic mass is 32.1. The molecule has 1 saturated carbocycles. The largest absolute Gasteiger partial charge is 0.317 e. The first kappa shape index (κ1) is 15.3. The van der Waals surface area contributed by atoms with Crippen molar-refractivity contribution in [3.8, 4) is 10.6 Å². The minimum atomic E-state index is 0.162. The molecule has 0 radical (unpaired) electrons. The lowest BCUT2D eigenvalue weighted by molar-refractivity contribution is -0.118. The van der Waals surface area contributed by atoms with Gasteiger partial charge in [0.05, 0.1) is 10.6 Å². The van der Waals surface area contributed by atoms with Crippen molar-refractivity contribution in [1.82, 2.24) is 10.3 Å². The Morgan fingerprint density at radius 3 is 2.78 bits per heavy atom. The molecule has 4 rings (SSSR count). The number of piperidine rings is 1. The van der Waals surface area contributed by atoms with E-state index in [4.69, 9.17) is 0 Å². The standard InChI is InChI=1S/C17H21N3OS2/c1-10-3-4-13(22-10)14-11(2)23-16(19-14)20-15(21)12-9-17(12)5-7-18-8-6-17/h3-4,12,18H,5-9H2,1-2H3,(H,19,20,21). The summed E-state index contributed by atoms with van der Waals surface area (Å²) in [6, 6.07) is 4.22. The average molecular weight is 348 g/mol. The number of nitrogens with one attached hydrogen (secondary N) is 2. The highest BCUT2D eigenvalue weighted by molar-refractivity contribution is 7.18. The van der Waals surface area contributed by atoms with Gasteiger partial charge in [0, 0.05) is 15.7 Å². The van der Waals surface area contributed by atoms with E-state index in [1.807, 2.05) is 0 Å². The summed E-state index contributed by atoms with van der Waals surface area (Å²) in [7, 11) is 0. The number of thiophene rings is 1. The molecule has 2 fully saturated rings. The number of hydrogen-bond acceptors (Lipinski definition) is 5. The summed E-state index contributed by atoms with van der Waals surface area (Å²) in [6.07, 6.45) is 3.30. The lowest BCUT2D eigenvalue weighted by Crippen LogP contribution is -2.31. The predicted octanol–water partition coefficient (Wildman–Crippen LogP) is 3.82. The van der Waals surface area contributed by atoms with Gasteiger partial charge >= 0.3 is 0 Å². The lowest BCUT2D eigenvalue weighted by atomic mass is 9.92. The van der Waals surface area contributed by atoms with Crippen molar-refractivity contribution in [3.63, 3.8) is 0 Å². The summed E-state index contributed by atoms with van der Waals surface area (Å²) in [5.41, 5.74) is 1.28. The van der Waals surface area contributed by atoms with Crippen LogP contribution in [0.2, 0.25) is 0 Å². The van der Waals surface area contributed by atoms with Gasteiger partial charge in [-0.05, 0) is 63.7 Å². The number of rotatable bonds is 3. The van der Waals surface area contributed by atoms with Crippen LogP contribution in [0.15, 0.2) is 12.1 Å². The minimum absolute atomic E-state index is 0.162. The number of aryl methyl sites for hydroxylation is 2. The summed E-state index contributed by atoms with van der Waals surface area (Å²) >= 11 is 3.33. The molecule has 2 N–H and O–H groups in total. The molecule has 0 bridgehead atoms. The van der Waals surface area contributed by atoms with E-state index in [1.54, 1.807) is 22.7 Å². The van der Waals surface area contributed by atoms with E-state index in [0.29, 0.717) is 0 Å². The van der Waals surface area contributed by atoms with Crippen LogP contribution >= 0.6 is 22.7 Å². The van der Waals surface area contributed by atoms with Crippen LogP contribution < -0.4 is 10.6 Å². The molecule has 122 valence electrons. The van der Waals surface area contributed by atoms with Crippen molar-refractivity contribution in [2.45, 2.75) is 33.1 Å². The predicted molar refractivity (Wildman–Crippen MR) is 96.2 cm³/mol. The first-order valence-corrected chi connectivity index (χ1v) is 9.76. The Hall–Kier alpha value is -1.24. The SMILES string of the molecule is Cc1ccc(-c2nc(NC(=O)C3CC34CCNCC4)sc2C)s1. The van der Waals surface area contributed by atoms with Crippen LogP contribution in [0.4, 0.5) is 5.13 Å². The Labute approximate surface area is 144 Å². The molecule has 2 aliphatic rings. The van der Waals surface area contributed by atoms with Gasteiger partial charge in [-0.3, -0.25) is 4.79 Å². The van der Waals surface area contributed by atoms with E-state index in [2.05, 4.69) is 41.6 Å². The molecule has 1 unspecified atom stereocenters. The molecular formula is C17H21N3OS2. The molecular weight excluding hydrogens is 326 g/mol. The van der Waals surface area contributed by atoms with E-state index < -0.39 is 0 Å². The smallest absolute Gasteiger partial charge is 0.229 e. The van der Waals surface area contributed by atoms with Crippen molar-refractivity contribution in [2.24, 2.45) is 11.3 Å². The van der Waals surface area contributed by atoms with Gasteiger partial charge in [0.25, 0.3) is 0 Å². The Bertz CT molecular complexity index is 743. The second-order valence-electron chi connectivity index (χ2n) is 6.69. The number of nitrogens with zero attached hydrogens (tertiary/aromatic N) is 1. The molecule has 1 spiro atoms. The first-order chi connectivity index (χ1) is 11.1. The Balaban J connectivity index is 1.46. The Morgan fingerprint density at radius 2 is 2.09 bits per heavy atom. The molecule has 0 aromatic carbocycles. The van der Waals surface area contributed by atoms with E-state index in [0.717, 1.165) is 48.1 Å². The van der Waals surface area contributed by atoms with Crippen LogP contribution in [0, 0.1) is 25.2 Å². The van der Waals surface area contributed by atoms with E-state index >= 15 is 0 Å². The maximum atomic E-state index is 12.5. The number of anilines is 1. The van der Waals surface area contributed by atoms with Crippen molar-refractivity contribution >= 4 is 33.7 Å². The zero-order valence-electron chi connectivity index (χ0n) is 13.4. The van der Waals surface area contributed by atoms with Gasteiger partial charge in [-0.1, -0.05) is 0 Å². The quantitative estimate of drug-likeness (QED) is 0.887. The molecule has 23 heavy (non-hydrogen) atoms. The molecule has 1 saturated heterocycles. The summed E-state index contributed by atoms with van der Waals surface area (Å²) < 4.78 is 0. The second kappa shape index (κ2) is 5.69. The highest BCUT2D eigenvalue weighted by Crippen LogP contribution is 2.58. The normalized spacial score (nSPS) is 22.3. The van der Waals surface area contributed by atoms with Crippen molar-refractivity contribution < 1.29 is 4.79 Å². The number of thiazole rings is 1. The fraction of sp³-hybridized carbons (Fsp3) is 0.529. The summed E-state index contributed by atoms with van der Waals surface area (Å²) in [4.78, 5) is 20.8. The van der Waals surface area contributed by atoms with Crippen LogP contribution in [0.5, 0.6) is 0 Å². The van der Waals surface area contributed by atoms with Gasteiger partial charge in [0.2, 0.25) is 5.91 Å². The maximum absolute atomic E-state index is 12.5. The molecule has 3 heterocycles. The highest BCUT2D eigenvalue weighted by Gasteiger charge is 2.57. The molecule has 1 aliphatic heterocycles. The van der Waals surface area contributed by atoms with Crippen molar-refractivity contribution in [1.29, 1.82) is 0 Å². The second-order valence-corrected chi connectivity index (χ2v) is 9.18. The van der Waals surface area contributed by atoms with Crippen LogP contribution in [0.1, 0.15) is 29.0 Å². The minimum Gasteiger partial charge on any atom is -0.317 e. The number of carbonyl (C=O) groups is 1. The van der Waals surface area contributed by atoms with Gasteiger partial charge in [0.1, 0.15) is 0 Å². The molecule has 1 aliphatic carbocycles. The third-order valence-corrected chi connectivity index (χ3v) is 7.00. The average Bonchev–Trinajstić information content (AvgIpc) is 2.86. The fourth-order valence-corrected chi connectivity index (χ4v) is 5.44. The molecule has 2 aromatic heterocycles. The van der Waals surface area contributed by atoms with Crippen molar-refractivity contribution in [2.75, 3.05) is 18.4 Å². The third-order valence-electron chi connectivity index (χ3n) is 5.11. The van der Waals surface area contributed by atoms with Gasteiger partial charge in [-0.15, -0.1) is 22.7 Å². The number of aromatic nitrogens is 1. The third kappa shape index (κ3) is 2.84. The maximum Gasteiger partial charge on any atom is 0.229 e. The van der Waals surface area contributed by atoms with Gasteiger partial charge < -0.3 is 10.6 Å². The zero-order chi connectivity index (χ0) is 16.0. The molecule has 6 heteroatoms. The van der Waals surface area contributed by atoms with E-state index in [9.17, 15) is 4.79 Å². The summed E-state index contributed by atoms with van der Waals surface area (Å²) in [5.74, 6) is 0.343. The lowest BCUT2D eigenvalue weighted by Gasteiger charge is -2.22. The zero-order valence-corrected chi connectivity index (χ0v) is 15.1. The number of hydrogen-bond donors (Lipinski definition) is 2. The molecule has 2 aromatic rings. The Morgan fingerprint density at radius 1 is 1.30 bits per heavy atom. The van der Waals surface area contributed by atoms with Crippen molar-refractivity contribution in [3.05, 3.63) is 21.9 Å².